The summed E-state index contributed by atoms with van der Waals surface area (Å²) in [4.78, 5) is 2.49. The molecule has 1 saturated carbocycles. The number of benzene rings is 2. The lowest BCUT2D eigenvalue weighted by Gasteiger charge is -2.47. The number of tetrazole rings is 1. The summed E-state index contributed by atoms with van der Waals surface area (Å²) in [5.74, 6) is 0.232. The zero-order valence-electron chi connectivity index (χ0n) is 18.7. The highest BCUT2D eigenvalue weighted by Gasteiger charge is 2.40. The number of rotatable bonds is 5. The highest BCUT2D eigenvalue weighted by molar-refractivity contribution is 5.85. The number of aromatic nitrogens is 4. The number of hydrogen-bond donors (Lipinski definition) is 0. The summed E-state index contributed by atoms with van der Waals surface area (Å²) < 4.78 is 28.9. The van der Waals surface area contributed by atoms with Crippen molar-refractivity contribution in [1.29, 1.82) is 0 Å². The Morgan fingerprint density at radius 1 is 0.848 bits per heavy atom. The lowest BCUT2D eigenvalue weighted by atomic mass is 9.69. The molecule has 2 aliphatic rings. The zero-order valence-corrected chi connectivity index (χ0v) is 19.5. The molecule has 33 heavy (non-hydrogen) atoms. The fourth-order valence-corrected chi connectivity index (χ4v) is 5.63. The van der Waals surface area contributed by atoms with Gasteiger partial charge in [-0.05, 0) is 83.5 Å². The minimum absolute atomic E-state index is 0. The molecule has 1 saturated heterocycles. The Kier molecular flexibility index (Phi) is 7.39. The minimum atomic E-state index is -0.263. The molecule has 1 aliphatic heterocycles. The van der Waals surface area contributed by atoms with Crippen molar-refractivity contribution in [2.75, 3.05) is 13.1 Å². The van der Waals surface area contributed by atoms with Crippen molar-refractivity contribution in [3.63, 3.8) is 0 Å². The van der Waals surface area contributed by atoms with Crippen molar-refractivity contribution < 1.29 is 8.78 Å². The molecule has 1 aromatic heterocycles. The van der Waals surface area contributed by atoms with Crippen molar-refractivity contribution in [3.8, 4) is 0 Å². The first kappa shape index (κ1) is 23.8. The smallest absolute Gasteiger partial charge is 0.173 e. The van der Waals surface area contributed by atoms with Gasteiger partial charge in [0.05, 0.1) is 12.6 Å². The second kappa shape index (κ2) is 10.3. The number of nitrogens with zero attached hydrogens (tertiary/aromatic N) is 5. The molecule has 1 aliphatic carbocycles. The molecule has 1 unspecified atom stereocenters. The maximum Gasteiger partial charge on any atom is 0.173 e. The largest absolute Gasteiger partial charge is 0.289 e. The molecule has 1 atom stereocenters. The van der Waals surface area contributed by atoms with Crippen LogP contribution in [0.4, 0.5) is 8.78 Å². The van der Waals surface area contributed by atoms with Crippen molar-refractivity contribution in [1.82, 2.24) is 25.1 Å². The molecule has 2 aromatic carbocycles. The van der Waals surface area contributed by atoms with Gasteiger partial charge in [-0.2, -0.15) is 0 Å². The van der Waals surface area contributed by atoms with E-state index < -0.39 is 0 Å². The highest BCUT2D eigenvalue weighted by Crippen LogP contribution is 2.45. The molecule has 176 valence electrons. The molecule has 0 amide bonds. The van der Waals surface area contributed by atoms with Crippen LogP contribution in [0, 0.1) is 17.0 Å². The van der Waals surface area contributed by atoms with Crippen molar-refractivity contribution >= 4 is 12.4 Å². The highest BCUT2D eigenvalue weighted by atomic mass is 35.5. The molecule has 0 bridgehead atoms. The third-order valence-corrected chi connectivity index (χ3v) is 7.21. The summed E-state index contributed by atoms with van der Waals surface area (Å²) >= 11 is 0. The van der Waals surface area contributed by atoms with Gasteiger partial charge in [-0.15, -0.1) is 17.5 Å². The van der Waals surface area contributed by atoms with E-state index in [4.69, 9.17) is 0 Å². The van der Waals surface area contributed by atoms with Crippen molar-refractivity contribution in [2.45, 2.75) is 57.5 Å². The molecule has 0 N–H and O–H groups in total. The monoisotopic (exact) mass is 473 g/mol. The van der Waals surface area contributed by atoms with Crippen LogP contribution in [0.25, 0.3) is 0 Å². The fourth-order valence-electron chi connectivity index (χ4n) is 5.63. The third kappa shape index (κ3) is 5.25. The van der Waals surface area contributed by atoms with Crippen LogP contribution in [-0.2, 0) is 6.54 Å². The Hall–Kier alpha value is -2.38. The zero-order chi connectivity index (χ0) is 22.0. The van der Waals surface area contributed by atoms with E-state index in [1.807, 2.05) is 12.1 Å². The second-order valence-electron chi connectivity index (χ2n) is 9.41. The Labute approximate surface area is 199 Å². The summed E-state index contributed by atoms with van der Waals surface area (Å²) in [6.07, 6.45) is 8.92. The van der Waals surface area contributed by atoms with Gasteiger partial charge in [-0.25, -0.2) is 13.5 Å². The SMILES string of the molecule is Cl.Fc1ccc(Cn2nnnc2C(c2ccc(F)cc2)N2CCCC3(CCCCC3)C2)cc1. The Balaban J connectivity index is 0.00000259. The summed E-state index contributed by atoms with van der Waals surface area (Å²) in [6.45, 7) is 2.44. The third-order valence-electron chi connectivity index (χ3n) is 7.21. The van der Waals surface area contributed by atoms with Crippen LogP contribution in [0.1, 0.15) is 67.9 Å². The Bertz CT molecular complexity index is 1030. The second-order valence-corrected chi connectivity index (χ2v) is 9.41. The first-order valence-electron chi connectivity index (χ1n) is 11.6. The van der Waals surface area contributed by atoms with Crippen LogP contribution in [0.3, 0.4) is 0 Å². The number of hydrogen-bond acceptors (Lipinski definition) is 4. The molecule has 2 heterocycles. The number of likely N-dealkylation sites (tertiary alicyclic amines) is 1. The van der Waals surface area contributed by atoms with Gasteiger partial charge in [-0.1, -0.05) is 43.5 Å². The van der Waals surface area contributed by atoms with E-state index in [9.17, 15) is 8.78 Å². The maximum absolute atomic E-state index is 13.7. The first-order chi connectivity index (χ1) is 15.6. The lowest BCUT2D eigenvalue weighted by Crippen LogP contribution is -2.46. The van der Waals surface area contributed by atoms with Crippen LogP contribution in [0.2, 0.25) is 0 Å². The van der Waals surface area contributed by atoms with Crippen LogP contribution in [0.15, 0.2) is 48.5 Å². The van der Waals surface area contributed by atoms with Crippen molar-refractivity contribution in [2.24, 2.45) is 5.41 Å². The summed E-state index contributed by atoms with van der Waals surface area (Å²) in [7, 11) is 0. The van der Waals surface area contributed by atoms with Gasteiger partial charge in [0, 0.05) is 6.54 Å². The van der Waals surface area contributed by atoms with E-state index in [1.54, 1.807) is 16.8 Å². The molecule has 0 radical (unpaired) electrons. The van der Waals surface area contributed by atoms with Gasteiger partial charge in [0.2, 0.25) is 0 Å². The van der Waals surface area contributed by atoms with Gasteiger partial charge in [0.1, 0.15) is 11.6 Å². The first-order valence-corrected chi connectivity index (χ1v) is 11.6. The van der Waals surface area contributed by atoms with E-state index in [0.29, 0.717) is 12.0 Å². The Morgan fingerprint density at radius 2 is 1.48 bits per heavy atom. The standard InChI is InChI=1S/C25H29F2N5.ClH/c26-21-9-5-19(6-10-21)17-32-24(28-29-30-32)23(20-7-11-22(27)12-8-20)31-16-4-15-25(18-31)13-2-1-3-14-25;/h5-12,23H,1-4,13-18H2;1H. The van der Waals surface area contributed by atoms with Crippen LogP contribution >= 0.6 is 12.4 Å². The summed E-state index contributed by atoms with van der Waals surface area (Å²) in [5, 5.41) is 12.7. The normalized spacial score (nSPS) is 19.2. The van der Waals surface area contributed by atoms with Crippen molar-refractivity contribution in [3.05, 3.63) is 77.1 Å². The molecule has 3 aromatic rings. The minimum Gasteiger partial charge on any atom is -0.289 e. The van der Waals surface area contributed by atoms with E-state index in [2.05, 4.69) is 20.4 Å². The van der Waals surface area contributed by atoms with Gasteiger partial charge < -0.3 is 0 Å². The predicted molar refractivity (Wildman–Crippen MR) is 125 cm³/mol. The summed E-state index contributed by atoms with van der Waals surface area (Å²) in [6, 6.07) is 13.0. The molecular formula is C25H30ClF2N5. The number of piperidine rings is 1. The molecule has 5 rings (SSSR count). The van der Waals surface area contributed by atoms with E-state index in [-0.39, 0.29) is 30.1 Å². The average Bonchev–Trinajstić information content (AvgIpc) is 3.25. The van der Waals surface area contributed by atoms with E-state index >= 15 is 0 Å². The molecule has 2 fully saturated rings. The average molecular weight is 474 g/mol. The van der Waals surface area contributed by atoms with E-state index in [0.717, 1.165) is 36.5 Å². The van der Waals surface area contributed by atoms with Crippen LogP contribution < -0.4 is 0 Å². The molecular weight excluding hydrogens is 444 g/mol. The topological polar surface area (TPSA) is 46.8 Å². The lowest BCUT2D eigenvalue weighted by molar-refractivity contribution is 0.0342. The maximum atomic E-state index is 13.7. The fraction of sp³-hybridized carbons (Fsp3) is 0.480. The molecule has 8 heteroatoms. The predicted octanol–water partition coefficient (Wildman–Crippen LogP) is 5.56. The van der Waals surface area contributed by atoms with Crippen LogP contribution in [-0.4, -0.2) is 38.2 Å². The molecule has 5 nitrogen and oxygen atoms in total. The quantitative estimate of drug-likeness (QED) is 0.487. The van der Waals surface area contributed by atoms with Gasteiger partial charge in [0.25, 0.3) is 0 Å². The molecule has 1 spiro atoms. The Morgan fingerprint density at radius 3 is 2.18 bits per heavy atom. The summed E-state index contributed by atoms with van der Waals surface area (Å²) in [5.41, 5.74) is 2.29. The van der Waals surface area contributed by atoms with Crippen LogP contribution in [0.5, 0.6) is 0 Å². The number of halogens is 3. The van der Waals surface area contributed by atoms with Gasteiger partial charge in [0.15, 0.2) is 5.82 Å². The van der Waals surface area contributed by atoms with Gasteiger partial charge >= 0.3 is 0 Å². The van der Waals surface area contributed by atoms with E-state index in [1.165, 1.54) is 62.8 Å². The van der Waals surface area contributed by atoms with Gasteiger partial charge in [-0.3, -0.25) is 4.90 Å².